The van der Waals surface area contributed by atoms with Crippen molar-refractivity contribution >= 4 is 0 Å². The third-order valence-electron chi connectivity index (χ3n) is 3.73. The minimum Gasteiger partial charge on any atom is -0.353 e. The minimum absolute atomic E-state index is 0.101. The van der Waals surface area contributed by atoms with Crippen molar-refractivity contribution in [3.8, 4) is 0 Å². The molecule has 0 aromatic rings. The quantitative estimate of drug-likeness (QED) is 0.553. The maximum atomic E-state index is 5.71. The molecule has 2 atom stereocenters. The van der Waals surface area contributed by atoms with E-state index in [1.165, 1.54) is 51.4 Å². The van der Waals surface area contributed by atoms with Gasteiger partial charge in [-0.3, -0.25) is 0 Å². The number of hydrogen-bond acceptors (Lipinski definition) is 2. The molecule has 0 amide bonds. The molecule has 1 heterocycles. The molecule has 0 bridgehead atoms. The van der Waals surface area contributed by atoms with Crippen molar-refractivity contribution < 1.29 is 9.47 Å². The molecule has 2 unspecified atom stereocenters. The van der Waals surface area contributed by atoms with E-state index < -0.39 is 0 Å². The molecule has 0 aromatic heterocycles. The topological polar surface area (TPSA) is 18.5 Å². The van der Waals surface area contributed by atoms with Gasteiger partial charge in [0.25, 0.3) is 0 Å². The Bertz CT molecular complexity index is 164. The van der Waals surface area contributed by atoms with Gasteiger partial charge in [0.15, 0.2) is 6.29 Å². The fourth-order valence-corrected chi connectivity index (χ4v) is 2.21. The summed E-state index contributed by atoms with van der Waals surface area (Å²) in [7, 11) is 0. The second-order valence-corrected chi connectivity index (χ2v) is 5.38. The number of unbranched alkanes of at least 4 members (excludes halogenated alkanes) is 3. The van der Waals surface area contributed by atoms with Gasteiger partial charge in [-0.25, -0.2) is 0 Å². The predicted molar refractivity (Wildman–Crippen MR) is 72.1 cm³/mol. The van der Waals surface area contributed by atoms with Crippen LogP contribution in [0.3, 0.4) is 0 Å². The molecule has 0 saturated carbocycles. The van der Waals surface area contributed by atoms with Crippen LogP contribution in [-0.4, -0.2) is 19.5 Å². The van der Waals surface area contributed by atoms with Gasteiger partial charge in [-0.2, -0.15) is 0 Å². The van der Waals surface area contributed by atoms with E-state index in [2.05, 4.69) is 13.8 Å². The Morgan fingerprint density at radius 1 is 1.18 bits per heavy atom. The van der Waals surface area contributed by atoms with Crippen LogP contribution in [0.25, 0.3) is 0 Å². The van der Waals surface area contributed by atoms with Crippen LogP contribution in [0.4, 0.5) is 0 Å². The first kappa shape index (κ1) is 15.0. The molecule has 2 nitrogen and oxygen atoms in total. The van der Waals surface area contributed by atoms with E-state index in [1.807, 2.05) is 0 Å². The van der Waals surface area contributed by atoms with Gasteiger partial charge in [0.1, 0.15) is 0 Å². The van der Waals surface area contributed by atoms with Gasteiger partial charge in [-0.1, -0.05) is 46.0 Å². The first-order valence-corrected chi connectivity index (χ1v) is 7.56. The lowest BCUT2D eigenvalue weighted by atomic mass is 10.0. The van der Waals surface area contributed by atoms with E-state index in [9.17, 15) is 0 Å². The van der Waals surface area contributed by atoms with Crippen molar-refractivity contribution in [2.24, 2.45) is 5.92 Å². The summed E-state index contributed by atoms with van der Waals surface area (Å²) in [5.41, 5.74) is 0. The first-order chi connectivity index (χ1) is 8.33. The maximum absolute atomic E-state index is 5.71. The average Bonchev–Trinajstić information content (AvgIpc) is 2.38. The Labute approximate surface area is 107 Å². The van der Waals surface area contributed by atoms with Gasteiger partial charge in [0, 0.05) is 13.2 Å². The second kappa shape index (κ2) is 9.90. The molecule has 0 spiro atoms. The maximum Gasteiger partial charge on any atom is 0.157 e. The lowest BCUT2D eigenvalue weighted by molar-refractivity contribution is -0.162. The van der Waals surface area contributed by atoms with Gasteiger partial charge in [-0.05, 0) is 31.6 Å². The van der Waals surface area contributed by atoms with Gasteiger partial charge in [0.05, 0.1) is 0 Å². The molecule has 1 fully saturated rings. The van der Waals surface area contributed by atoms with Crippen molar-refractivity contribution in [3.63, 3.8) is 0 Å². The highest BCUT2D eigenvalue weighted by atomic mass is 16.7. The molecule has 0 radical (unpaired) electrons. The van der Waals surface area contributed by atoms with Crippen molar-refractivity contribution in [1.82, 2.24) is 0 Å². The zero-order valence-electron chi connectivity index (χ0n) is 11.7. The van der Waals surface area contributed by atoms with E-state index in [4.69, 9.17) is 9.47 Å². The summed E-state index contributed by atoms with van der Waals surface area (Å²) in [5.74, 6) is 0.905. The van der Waals surface area contributed by atoms with Crippen LogP contribution in [0.2, 0.25) is 0 Å². The average molecular weight is 242 g/mol. The van der Waals surface area contributed by atoms with E-state index >= 15 is 0 Å². The predicted octanol–water partition coefficient (Wildman–Crippen LogP) is 4.53. The molecule has 1 aliphatic heterocycles. The highest BCUT2D eigenvalue weighted by Gasteiger charge is 2.13. The molecule has 0 N–H and O–H groups in total. The largest absolute Gasteiger partial charge is 0.353 e. The molecular weight excluding hydrogens is 212 g/mol. The standard InChI is InChI=1S/C15H30O2/c1-3-14(2)10-6-4-5-8-12-16-15-11-7-9-13-17-15/h14-15H,3-13H2,1-2H3. The molecular formula is C15H30O2. The van der Waals surface area contributed by atoms with Crippen LogP contribution in [0.1, 0.15) is 71.6 Å². The molecule has 0 aromatic carbocycles. The van der Waals surface area contributed by atoms with Gasteiger partial charge in [0.2, 0.25) is 0 Å². The minimum atomic E-state index is 0.101. The molecule has 1 rings (SSSR count). The molecule has 0 aliphatic carbocycles. The highest BCUT2D eigenvalue weighted by Crippen LogP contribution is 2.15. The normalized spacial score (nSPS) is 22.6. The van der Waals surface area contributed by atoms with Crippen LogP contribution in [0.5, 0.6) is 0 Å². The Morgan fingerprint density at radius 3 is 2.71 bits per heavy atom. The Hall–Kier alpha value is -0.0800. The smallest absolute Gasteiger partial charge is 0.157 e. The molecule has 1 saturated heterocycles. The summed E-state index contributed by atoms with van der Waals surface area (Å²) in [6.07, 6.45) is 11.6. The summed E-state index contributed by atoms with van der Waals surface area (Å²) < 4.78 is 11.2. The molecule has 102 valence electrons. The Morgan fingerprint density at radius 2 is 2.00 bits per heavy atom. The van der Waals surface area contributed by atoms with Crippen molar-refractivity contribution in [1.29, 1.82) is 0 Å². The third-order valence-corrected chi connectivity index (χ3v) is 3.73. The Balaban J connectivity index is 1.80. The van der Waals surface area contributed by atoms with Crippen LogP contribution in [0.15, 0.2) is 0 Å². The number of hydrogen-bond donors (Lipinski definition) is 0. The summed E-state index contributed by atoms with van der Waals surface area (Å²) in [5, 5.41) is 0. The fourth-order valence-electron chi connectivity index (χ4n) is 2.21. The summed E-state index contributed by atoms with van der Waals surface area (Å²) in [6, 6.07) is 0. The van der Waals surface area contributed by atoms with Gasteiger partial charge >= 0.3 is 0 Å². The van der Waals surface area contributed by atoms with Crippen molar-refractivity contribution in [2.45, 2.75) is 77.9 Å². The number of ether oxygens (including phenoxy) is 2. The van der Waals surface area contributed by atoms with E-state index in [0.29, 0.717) is 0 Å². The SMILES string of the molecule is CCC(C)CCCCCCOC1CCCCO1. The van der Waals surface area contributed by atoms with Crippen LogP contribution >= 0.6 is 0 Å². The highest BCUT2D eigenvalue weighted by molar-refractivity contribution is 4.55. The fraction of sp³-hybridized carbons (Fsp3) is 1.00. The summed E-state index contributed by atoms with van der Waals surface area (Å²) >= 11 is 0. The lowest BCUT2D eigenvalue weighted by Gasteiger charge is -2.22. The van der Waals surface area contributed by atoms with Gasteiger partial charge < -0.3 is 9.47 Å². The summed E-state index contributed by atoms with van der Waals surface area (Å²) in [4.78, 5) is 0. The summed E-state index contributed by atoms with van der Waals surface area (Å²) in [6.45, 7) is 6.40. The molecule has 17 heavy (non-hydrogen) atoms. The van der Waals surface area contributed by atoms with Crippen LogP contribution in [0, 0.1) is 5.92 Å². The Kier molecular flexibility index (Phi) is 8.72. The van der Waals surface area contributed by atoms with E-state index in [-0.39, 0.29) is 6.29 Å². The zero-order chi connectivity index (χ0) is 12.3. The third kappa shape index (κ3) is 7.77. The molecule has 2 heteroatoms. The lowest BCUT2D eigenvalue weighted by Crippen LogP contribution is -2.22. The van der Waals surface area contributed by atoms with Crippen LogP contribution in [-0.2, 0) is 9.47 Å². The van der Waals surface area contributed by atoms with Crippen LogP contribution < -0.4 is 0 Å². The van der Waals surface area contributed by atoms with E-state index in [1.54, 1.807) is 0 Å². The number of rotatable bonds is 9. The first-order valence-electron chi connectivity index (χ1n) is 7.56. The zero-order valence-corrected chi connectivity index (χ0v) is 11.7. The monoisotopic (exact) mass is 242 g/mol. The van der Waals surface area contributed by atoms with Crippen molar-refractivity contribution in [3.05, 3.63) is 0 Å². The second-order valence-electron chi connectivity index (χ2n) is 5.38. The van der Waals surface area contributed by atoms with Crippen molar-refractivity contribution in [2.75, 3.05) is 13.2 Å². The molecule has 1 aliphatic rings. The van der Waals surface area contributed by atoms with Gasteiger partial charge in [-0.15, -0.1) is 0 Å². The van der Waals surface area contributed by atoms with E-state index in [0.717, 1.165) is 25.6 Å².